The van der Waals surface area contributed by atoms with Gasteiger partial charge in [0, 0.05) is 10.4 Å². The highest BCUT2D eigenvalue weighted by atomic mass is 79.9. The molecule has 2 N–H and O–H groups in total. The zero-order valence-corrected chi connectivity index (χ0v) is 12.2. The molecule has 0 bridgehead atoms. The van der Waals surface area contributed by atoms with E-state index in [0.717, 1.165) is 25.7 Å². The maximum Gasteiger partial charge on any atom is 0.573 e. The Morgan fingerprint density at radius 3 is 2.55 bits per heavy atom. The lowest BCUT2D eigenvalue weighted by molar-refractivity contribution is -0.274. The molecule has 0 unspecified atom stereocenters. The van der Waals surface area contributed by atoms with Crippen molar-refractivity contribution in [3.63, 3.8) is 0 Å². The van der Waals surface area contributed by atoms with Gasteiger partial charge in [-0.2, -0.15) is 0 Å². The minimum Gasteiger partial charge on any atom is -0.403 e. The Hall–Kier alpha value is -1.24. The van der Waals surface area contributed by atoms with Crippen molar-refractivity contribution in [2.75, 3.05) is 0 Å². The molecule has 0 aromatic heterocycles. The Morgan fingerprint density at radius 1 is 1.30 bits per heavy atom. The number of nitrogens with zero attached hydrogens (tertiary/aromatic N) is 1. The largest absolute Gasteiger partial charge is 0.573 e. The van der Waals surface area contributed by atoms with Crippen molar-refractivity contribution in [1.82, 2.24) is 0 Å². The molecule has 0 amide bonds. The summed E-state index contributed by atoms with van der Waals surface area (Å²) in [5.41, 5.74) is 5.98. The fourth-order valence-corrected chi connectivity index (χ4v) is 2.58. The number of aliphatic imine (C=N–C) groups is 1. The molecule has 1 aromatic carbocycles. The van der Waals surface area contributed by atoms with Crippen LogP contribution in [0.1, 0.15) is 25.7 Å². The highest BCUT2D eigenvalue weighted by molar-refractivity contribution is 9.10. The van der Waals surface area contributed by atoms with Crippen molar-refractivity contribution in [2.24, 2.45) is 16.6 Å². The van der Waals surface area contributed by atoms with Crippen LogP contribution in [0.15, 0.2) is 27.7 Å². The number of benzene rings is 1. The first kappa shape index (κ1) is 15.2. The normalized spacial score (nSPS) is 17.5. The Bertz CT molecular complexity index is 511. The van der Waals surface area contributed by atoms with Crippen LogP contribution in [-0.2, 0) is 0 Å². The number of hydrogen-bond donors (Lipinski definition) is 1. The molecular weight excluding hydrogens is 337 g/mol. The van der Waals surface area contributed by atoms with Crippen LogP contribution < -0.4 is 10.5 Å². The van der Waals surface area contributed by atoms with Crippen LogP contribution >= 0.6 is 15.9 Å². The summed E-state index contributed by atoms with van der Waals surface area (Å²) < 4.78 is 41.6. The van der Waals surface area contributed by atoms with Crippen LogP contribution in [0.2, 0.25) is 0 Å². The summed E-state index contributed by atoms with van der Waals surface area (Å²) in [6, 6.07) is 4.28. The summed E-state index contributed by atoms with van der Waals surface area (Å²) in [6.07, 6.45) is -0.740. The van der Waals surface area contributed by atoms with Crippen LogP contribution in [0.3, 0.4) is 0 Å². The summed E-state index contributed by atoms with van der Waals surface area (Å²) in [5.74, 6) is 0.169. The lowest BCUT2D eigenvalue weighted by atomic mass is 10.1. The second kappa shape index (κ2) is 6.03. The number of rotatable bonds is 3. The van der Waals surface area contributed by atoms with E-state index in [1.807, 2.05) is 0 Å². The molecule has 7 heteroatoms. The van der Waals surface area contributed by atoms with Crippen molar-refractivity contribution in [3.05, 3.63) is 22.7 Å². The Kier molecular flexibility index (Phi) is 4.57. The summed E-state index contributed by atoms with van der Waals surface area (Å²) in [4.78, 5) is 4.11. The van der Waals surface area contributed by atoms with Gasteiger partial charge in [-0.05, 0) is 31.0 Å². The predicted octanol–water partition coefficient (Wildman–Crippen LogP) is 4.53. The number of nitrogens with two attached hydrogens (primary N) is 1. The minimum absolute atomic E-state index is 0.0925. The van der Waals surface area contributed by atoms with Crippen molar-refractivity contribution in [1.29, 1.82) is 0 Å². The van der Waals surface area contributed by atoms with E-state index in [1.165, 1.54) is 12.1 Å². The van der Waals surface area contributed by atoms with Crippen molar-refractivity contribution < 1.29 is 17.9 Å². The Balaban J connectivity index is 2.28. The molecule has 1 aromatic rings. The molecule has 2 rings (SSSR count). The van der Waals surface area contributed by atoms with Gasteiger partial charge in [-0.25, -0.2) is 4.99 Å². The molecule has 0 spiro atoms. The van der Waals surface area contributed by atoms with Gasteiger partial charge in [-0.15, -0.1) is 13.2 Å². The van der Waals surface area contributed by atoms with E-state index < -0.39 is 6.36 Å². The zero-order chi connectivity index (χ0) is 14.8. The average Bonchev–Trinajstić information content (AvgIpc) is 2.84. The molecule has 0 radical (unpaired) electrons. The topological polar surface area (TPSA) is 47.6 Å². The van der Waals surface area contributed by atoms with Crippen molar-refractivity contribution in [3.8, 4) is 5.75 Å². The smallest absolute Gasteiger partial charge is 0.403 e. The van der Waals surface area contributed by atoms with E-state index in [1.54, 1.807) is 6.07 Å². The zero-order valence-electron chi connectivity index (χ0n) is 10.6. The summed E-state index contributed by atoms with van der Waals surface area (Å²) in [6.45, 7) is 0. The van der Waals surface area contributed by atoms with Crippen LogP contribution in [0, 0.1) is 5.92 Å². The van der Waals surface area contributed by atoms with Crippen molar-refractivity contribution >= 4 is 27.5 Å². The Morgan fingerprint density at radius 2 is 1.95 bits per heavy atom. The molecule has 1 aliphatic carbocycles. The molecule has 110 valence electrons. The van der Waals surface area contributed by atoms with Gasteiger partial charge in [0.2, 0.25) is 0 Å². The highest BCUT2D eigenvalue weighted by Gasteiger charge is 2.32. The minimum atomic E-state index is -4.76. The number of hydrogen-bond acceptors (Lipinski definition) is 2. The fourth-order valence-electron chi connectivity index (χ4n) is 2.24. The van der Waals surface area contributed by atoms with E-state index >= 15 is 0 Å². The first-order chi connectivity index (χ1) is 9.35. The quantitative estimate of drug-likeness (QED) is 0.643. The van der Waals surface area contributed by atoms with Crippen molar-refractivity contribution in [2.45, 2.75) is 32.0 Å². The van der Waals surface area contributed by atoms with E-state index in [4.69, 9.17) is 5.73 Å². The van der Waals surface area contributed by atoms with Gasteiger partial charge in [0.05, 0.1) is 0 Å². The lowest BCUT2D eigenvalue weighted by Crippen LogP contribution is -2.21. The second-order valence-corrected chi connectivity index (χ2v) is 5.59. The lowest BCUT2D eigenvalue weighted by Gasteiger charge is -2.13. The average molecular weight is 351 g/mol. The first-order valence-corrected chi connectivity index (χ1v) is 7.04. The van der Waals surface area contributed by atoms with Crippen LogP contribution in [0.25, 0.3) is 0 Å². The van der Waals surface area contributed by atoms with Gasteiger partial charge < -0.3 is 10.5 Å². The van der Waals surface area contributed by atoms with Gasteiger partial charge in [-0.3, -0.25) is 0 Å². The van der Waals surface area contributed by atoms with Gasteiger partial charge in [0.15, 0.2) is 5.75 Å². The number of alkyl halides is 3. The number of halogens is 4. The SMILES string of the molecule is NC(=Nc1ccc(Br)cc1OC(F)(F)F)C1CCCC1. The molecule has 0 atom stereocenters. The van der Waals surface area contributed by atoms with E-state index in [-0.39, 0.29) is 17.4 Å². The van der Waals surface area contributed by atoms with E-state index in [2.05, 4.69) is 25.7 Å². The summed E-state index contributed by atoms with van der Waals surface area (Å²) in [7, 11) is 0. The van der Waals surface area contributed by atoms with Gasteiger partial charge >= 0.3 is 6.36 Å². The maximum absolute atomic E-state index is 12.4. The number of ether oxygens (including phenoxy) is 1. The third-order valence-electron chi connectivity index (χ3n) is 3.17. The highest BCUT2D eigenvalue weighted by Crippen LogP contribution is 2.36. The summed E-state index contributed by atoms with van der Waals surface area (Å²) >= 11 is 3.11. The van der Waals surface area contributed by atoms with Crippen LogP contribution in [0.5, 0.6) is 5.75 Å². The van der Waals surface area contributed by atoms with Crippen LogP contribution in [0.4, 0.5) is 18.9 Å². The molecule has 0 saturated heterocycles. The number of amidine groups is 1. The van der Waals surface area contributed by atoms with E-state index in [0.29, 0.717) is 10.3 Å². The monoisotopic (exact) mass is 350 g/mol. The first-order valence-electron chi connectivity index (χ1n) is 6.24. The molecule has 1 saturated carbocycles. The molecule has 0 heterocycles. The standard InChI is InChI=1S/C13H14BrF3N2O/c14-9-5-6-10(11(7-9)20-13(15,16)17)19-12(18)8-3-1-2-4-8/h5-8H,1-4H2,(H2,18,19). The van der Waals surface area contributed by atoms with Gasteiger partial charge in [0.25, 0.3) is 0 Å². The maximum atomic E-state index is 12.4. The molecule has 20 heavy (non-hydrogen) atoms. The molecule has 3 nitrogen and oxygen atoms in total. The predicted molar refractivity (Wildman–Crippen MR) is 74.1 cm³/mol. The third-order valence-corrected chi connectivity index (χ3v) is 3.66. The van der Waals surface area contributed by atoms with E-state index in [9.17, 15) is 13.2 Å². The molecule has 1 fully saturated rings. The van der Waals surface area contributed by atoms with Crippen LogP contribution in [-0.4, -0.2) is 12.2 Å². The molecule has 0 aliphatic heterocycles. The molecular formula is C13H14BrF3N2O. The molecule has 1 aliphatic rings. The van der Waals surface area contributed by atoms with Gasteiger partial charge in [-0.1, -0.05) is 28.8 Å². The summed E-state index contributed by atoms with van der Waals surface area (Å²) in [5, 5.41) is 0. The fraction of sp³-hybridized carbons (Fsp3) is 0.462. The van der Waals surface area contributed by atoms with Gasteiger partial charge in [0.1, 0.15) is 11.5 Å². The second-order valence-electron chi connectivity index (χ2n) is 4.68. The third kappa shape index (κ3) is 4.13. The Labute approximate surface area is 123 Å².